The highest BCUT2D eigenvalue weighted by Gasteiger charge is 2.12. The van der Waals surface area contributed by atoms with E-state index >= 15 is 0 Å². The van der Waals surface area contributed by atoms with Gasteiger partial charge < -0.3 is 10.4 Å². The predicted octanol–water partition coefficient (Wildman–Crippen LogP) is 1.23. The summed E-state index contributed by atoms with van der Waals surface area (Å²) in [7, 11) is 0. The van der Waals surface area contributed by atoms with Gasteiger partial charge in [-0.15, -0.1) is 0 Å². The Balaban J connectivity index is 2.55. The average molecular weight is 251 g/mol. The standard InChI is InChI=1S/C13H21N3O2/c1-8(5-9(2)17)6-15-13(18)12-7-14-11(4)16-10(12)3/h7-9,17H,5-6H2,1-4H3,(H,15,18). The molecule has 1 rings (SSSR count). The van der Waals surface area contributed by atoms with E-state index in [2.05, 4.69) is 15.3 Å². The molecule has 2 unspecified atom stereocenters. The van der Waals surface area contributed by atoms with Crippen LogP contribution in [0, 0.1) is 19.8 Å². The lowest BCUT2D eigenvalue weighted by Gasteiger charge is -2.14. The van der Waals surface area contributed by atoms with Gasteiger partial charge in [0.25, 0.3) is 5.91 Å². The van der Waals surface area contributed by atoms with Gasteiger partial charge in [-0.05, 0) is 33.1 Å². The first-order chi connectivity index (χ1) is 8.40. The van der Waals surface area contributed by atoms with Gasteiger partial charge in [-0.1, -0.05) is 6.92 Å². The van der Waals surface area contributed by atoms with Crippen molar-refractivity contribution >= 4 is 5.91 Å². The molecule has 0 aliphatic rings. The number of carbonyl (C=O) groups excluding carboxylic acids is 1. The molecular weight excluding hydrogens is 230 g/mol. The normalized spacial score (nSPS) is 14.1. The molecule has 0 radical (unpaired) electrons. The van der Waals surface area contributed by atoms with Crippen LogP contribution in [0.4, 0.5) is 0 Å². The van der Waals surface area contributed by atoms with E-state index in [1.54, 1.807) is 27.0 Å². The number of carbonyl (C=O) groups is 1. The third kappa shape index (κ3) is 4.41. The molecule has 1 aromatic rings. The van der Waals surface area contributed by atoms with Crippen molar-refractivity contribution in [2.75, 3.05) is 6.54 Å². The highest BCUT2D eigenvalue weighted by atomic mass is 16.3. The summed E-state index contributed by atoms with van der Waals surface area (Å²) in [6.45, 7) is 7.86. The molecule has 5 nitrogen and oxygen atoms in total. The summed E-state index contributed by atoms with van der Waals surface area (Å²) in [4.78, 5) is 20.1. The molecule has 1 heterocycles. The van der Waals surface area contributed by atoms with Crippen molar-refractivity contribution < 1.29 is 9.90 Å². The third-order valence-electron chi connectivity index (χ3n) is 2.70. The maximum absolute atomic E-state index is 11.9. The highest BCUT2D eigenvalue weighted by Crippen LogP contribution is 2.06. The van der Waals surface area contributed by atoms with Gasteiger partial charge in [0, 0.05) is 12.7 Å². The van der Waals surface area contributed by atoms with Gasteiger partial charge in [0.1, 0.15) is 5.82 Å². The van der Waals surface area contributed by atoms with Crippen molar-refractivity contribution in [2.45, 2.75) is 40.2 Å². The first-order valence-corrected chi connectivity index (χ1v) is 6.16. The van der Waals surface area contributed by atoms with E-state index in [-0.39, 0.29) is 17.9 Å². The minimum Gasteiger partial charge on any atom is -0.393 e. The van der Waals surface area contributed by atoms with Crippen LogP contribution in [0.5, 0.6) is 0 Å². The van der Waals surface area contributed by atoms with Crippen molar-refractivity contribution in [3.05, 3.63) is 23.3 Å². The van der Waals surface area contributed by atoms with Crippen LogP contribution in [0.25, 0.3) is 0 Å². The minimum atomic E-state index is -0.346. The zero-order valence-corrected chi connectivity index (χ0v) is 11.4. The lowest BCUT2D eigenvalue weighted by atomic mass is 10.0. The van der Waals surface area contributed by atoms with E-state index in [4.69, 9.17) is 0 Å². The van der Waals surface area contributed by atoms with Crippen molar-refractivity contribution in [3.8, 4) is 0 Å². The molecule has 0 spiro atoms. The fourth-order valence-electron chi connectivity index (χ4n) is 1.83. The van der Waals surface area contributed by atoms with Crippen molar-refractivity contribution in [1.82, 2.24) is 15.3 Å². The molecule has 0 fully saturated rings. The van der Waals surface area contributed by atoms with Gasteiger partial charge in [0.15, 0.2) is 0 Å². The Morgan fingerprint density at radius 3 is 2.67 bits per heavy atom. The molecule has 0 saturated heterocycles. The molecule has 0 bridgehead atoms. The van der Waals surface area contributed by atoms with E-state index in [1.165, 1.54) is 0 Å². The maximum atomic E-state index is 11.9. The van der Waals surface area contributed by atoms with Crippen LogP contribution in [0.1, 0.15) is 42.1 Å². The largest absolute Gasteiger partial charge is 0.393 e. The Hall–Kier alpha value is -1.49. The Bertz CT molecular complexity index is 419. The molecule has 18 heavy (non-hydrogen) atoms. The van der Waals surface area contributed by atoms with Crippen LogP contribution < -0.4 is 5.32 Å². The number of rotatable bonds is 5. The van der Waals surface area contributed by atoms with Gasteiger partial charge in [0.2, 0.25) is 0 Å². The Labute approximate surface area is 108 Å². The fraction of sp³-hybridized carbons (Fsp3) is 0.615. The van der Waals surface area contributed by atoms with E-state index in [0.29, 0.717) is 30.0 Å². The van der Waals surface area contributed by atoms with E-state index < -0.39 is 0 Å². The van der Waals surface area contributed by atoms with E-state index in [9.17, 15) is 9.90 Å². The smallest absolute Gasteiger partial charge is 0.254 e. The van der Waals surface area contributed by atoms with Gasteiger partial charge >= 0.3 is 0 Å². The maximum Gasteiger partial charge on any atom is 0.254 e. The molecule has 0 aliphatic carbocycles. The van der Waals surface area contributed by atoms with Gasteiger partial charge in [-0.25, -0.2) is 9.97 Å². The lowest BCUT2D eigenvalue weighted by Crippen LogP contribution is -2.30. The first kappa shape index (κ1) is 14.6. The van der Waals surface area contributed by atoms with Gasteiger partial charge in [-0.2, -0.15) is 0 Å². The van der Waals surface area contributed by atoms with Crippen molar-refractivity contribution in [3.63, 3.8) is 0 Å². The monoisotopic (exact) mass is 251 g/mol. The fourth-order valence-corrected chi connectivity index (χ4v) is 1.83. The predicted molar refractivity (Wildman–Crippen MR) is 69.3 cm³/mol. The molecule has 1 aromatic heterocycles. The SMILES string of the molecule is Cc1ncc(C(=O)NCC(C)CC(C)O)c(C)n1. The lowest BCUT2D eigenvalue weighted by molar-refractivity contribution is 0.0938. The summed E-state index contributed by atoms with van der Waals surface area (Å²) >= 11 is 0. The van der Waals surface area contributed by atoms with Crippen LogP contribution >= 0.6 is 0 Å². The topological polar surface area (TPSA) is 75.1 Å². The van der Waals surface area contributed by atoms with Crippen LogP contribution in [0.3, 0.4) is 0 Å². The Kier molecular flexibility index (Phi) is 5.22. The van der Waals surface area contributed by atoms with Crippen LogP contribution in [0.15, 0.2) is 6.20 Å². The first-order valence-electron chi connectivity index (χ1n) is 6.16. The number of aromatic nitrogens is 2. The number of aryl methyl sites for hydroxylation is 2. The van der Waals surface area contributed by atoms with E-state index in [1.807, 2.05) is 6.92 Å². The summed E-state index contributed by atoms with van der Waals surface area (Å²) in [5.74, 6) is 0.733. The Morgan fingerprint density at radius 2 is 2.11 bits per heavy atom. The number of amides is 1. The average Bonchev–Trinajstić information content (AvgIpc) is 2.25. The summed E-state index contributed by atoms with van der Waals surface area (Å²) in [5.41, 5.74) is 1.19. The molecule has 0 aliphatic heterocycles. The second-order valence-electron chi connectivity index (χ2n) is 4.82. The highest BCUT2D eigenvalue weighted by molar-refractivity contribution is 5.94. The number of aliphatic hydroxyl groups is 1. The number of nitrogens with zero attached hydrogens (tertiary/aromatic N) is 2. The minimum absolute atomic E-state index is 0.162. The second-order valence-corrected chi connectivity index (χ2v) is 4.82. The third-order valence-corrected chi connectivity index (χ3v) is 2.70. The Morgan fingerprint density at radius 1 is 1.44 bits per heavy atom. The van der Waals surface area contributed by atoms with Crippen LogP contribution in [0.2, 0.25) is 0 Å². The van der Waals surface area contributed by atoms with Crippen LogP contribution in [-0.2, 0) is 0 Å². The number of hydrogen-bond acceptors (Lipinski definition) is 4. The molecule has 2 atom stereocenters. The van der Waals surface area contributed by atoms with Gasteiger partial charge in [0.05, 0.1) is 17.4 Å². The molecule has 1 amide bonds. The molecular formula is C13H21N3O2. The summed E-state index contributed by atoms with van der Waals surface area (Å²) in [6, 6.07) is 0. The number of aliphatic hydroxyl groups excluding tert-OH is 1. The number of hydrogen-bond donors (Lipinski definition) is 2. The van der Waals surface area contributed by atoms with Gasteiger partial charge in [-0.3, -0.25) is 4.79 Å². The van der Waals surface area contributed by atoms with Crippen molar-refractivity contribution in [1.29, 1.82) is 0 Å². The summed E-state index contributed by atoms with van der Waals surface area (Å²) in [6.07, 6.45) is 1.87. The molecule has 0 saturated carbocycles. The number of nitrogens with one attached hydrogen (secondary N) is 1. The van der Waals surface area contributed by atoms with E-state index in [0.717, 1.165) is 0 Å². The molecule has 5 heteroatoms. The van der Waals surface area contributed by atoms with Crippen LogP contribution in [-0.4, -0.2) is 33.6 Å². The molecule has 0 aromatic carbocycles. The second kappa shape index (κ2) is 6.44. The quantitative estimate of drug-likeness (QED) is 0.825. The summed E-state index contributed by atoms with van der Waals surface area (Å²) in [5, 5.41) is 12.1. The molecule has 100 valence electrons. The zero-order valence-electron chi connectivity index (χ0n) is 11.4. The van der Waals surface area contributed by atoms with Crippen molar-refractivity contribution in [2.24, 2.45) is 5.92 Å². The molecule has 2 N–H and O–H groups in total. The zero-order chi connectivity index (χ0) is 13.7. The summed E-state index contributed by atoms with van der Waals surface area (Å²) < 4.78 is 0.